The first-order chi connectivity index (χ1) is 10.6. The predicted octanol–water partition coefficient (Wildman–Crippen LogP) is 0.765. The number of carbonyl (C=O) groups is 2. The molecule has 0 aliphatic rings. The largest absolute Gasteiger partial charge is 2.00 e. The third-order valence-corrected chi connectivity index (χ3v) is 3.84. The summed E-state index contributed by atoms with van der Waals surface area (Å²) in [5, 5.41) is 24.0. The fourth-order valence-corrected chi connectivity index (χ4v) is 2.45. The molecular weight excluding hydrogens is 322 g/mol. The smallest absolute Gasteiger partial charge is 0.550 e. The molecule has 0 aliphatic heterocycles. The minimum atomic E-state index is -1.24. The minimum Gasteiger partial charge on any atom is -0.550 e. The van der Waals surface area contributed by atoms with E-state index >= 15 is 0 Å². The Hall–Kier alpha value is 0.160. The molecular formula is C17H31CaNO4. The predicted molar refractivity (Wildman–Crippen MR) is 88.6 cm³/mol. The zero-order chi connectivity index (χ0) is 16.6. The molecule has 0 saturated heterocycles. The van der Waals surface area contributed by atoms with Crippen molar-refractivity contribution in [3.8, 4) is 0 Å². The van der Waals surface area contributed by atoms with Crippen LogP contribution in [0, 0.1) is 0 Å². The number of hydrogen-bond donors (Lipinski definition) is 1. The van der Waals surface area contributed by atoms with Crippen molar-refractivity contribution in [3.63, 3.8) is 0 Å². The Bertz CT molecular complexity index is 300. The van der Waals surface area contributed by atoms with E-state index in [0.717, 1.165) is 12.8 Å². The van der Waals surface area contributed by atoms with Gasteiger partial charge in [-0.15, -0.1) is 0 Å². The maximum atomic E-state index is 10.8. The van der Waals surface area contributed by atoms with E-state index in [1.54, 1.807) is 0 Å². The third kappa shape index (κ3) is 18.3. The Balaban J connectivity index is 0. The molecule has 1 N–H and O–H groups in total. The van der Waals surface area contributed by atoms with E-state index in [1.165, 1.54) is 51.4 Å². The second-order valence-corrected chi connectivity index (χ2v) is 5.92. The van der Waals surface area contributed by atoms with Crippen LogP contribution in [0.2, 0.25) is 0 Å². The van der Waals surface area contributed by atoms with Crippen molar-refractivity contribution >= 4 is 49.7 Å². The summed E-state index contributed by atoms with van der Waals surface area (Å²) in [5.74, 6) is -2.47. The molecule has 0 saturated carbocycles. The van der Waals surface area contributed by atoms with Gasteiger partial charge in [0.2, 0.25) is 0 Å². The number of unbranched alkanes of at least 4 members (excludes halogenated alkanes) is 9. The van der Waals surface area contributed by atoms with E-state index in [-0.39, 0.29) is 50.6 Å². The van der Waals surface area contributed by atoms with E-state index in [0.29, 0.717) is 6.54 Å². The molecule has 130 valence electrons. The van der Waals surface area contributed by atoms with Crippen LogP contribution in [-0.2, 0) is 9.59 Å². The average Bonchev–Trinajstić information content (AvgIpc) is 2.47. The zero-order valence-electron chi connectivity index (χ0n) is 14.6. The maximum Gasteiger partial charge on any atom is 2.00 e. The molecule has 0 aliphatic carbocycles. The van der Waals surface area contributed by atoms with Gasteiger partial charge in [-0.3, -0.25) is 0 Å². The standard InChI is InChI=1S/C17H33NO4.Ca/c1-2-3-4-5-6-7-8-9-10-11-14-18-15(17(21)22)12-13-16(19)20;/h15,18H,2-14H2,1H3,(H,19,20)(H,21,22);/q;+2/p-2/t15-;/m0./s1. The van der Waals surface area contributed by atoms with Gasteiger partial charge < -0.3 is 25.1 Å². The van der Waals surface area contributed by atoms with Gasteiger partial charge in [-0.05, 0) is 25.8 Å². The summed E-state index contributed by atoms with van der Waals surface area (Å²) in [6.07, 6.45) is 12.0. The number of rotatable bonds is 16. The summed E-state index contributed by atoms with van der Waals surface area (Å²) >= 11 is 0. The topological polar surface area (TPSA) is 92.3 Å². The van der Waals surface area contributed by atoms with Gasteiger partial charge in [0.25, 0.3) is 0 Å². The van der Waals surface area contributed by atoms with Crippen molar-refractivity contribution in [2.24, 2.45) is 0 Å². The molecule has 0 amide bonds. The van der Waals surface area contributed by atoms with Gasteiger partial charge >= 0.3 is 37.7 Å². The van der Waals surface area contributed by atoms with Gasteiger partial charge in [-0.1, -0.05) is 64.7 Å². The zero-order valence-corrected chi connectivity index (χ0v) is 16.8. The minimum absolute atomic E-state index is 0. The second-order valence-electron chi connectivity index (χ2n) is 5.92. The van der Waals surface area contributed by atoms with E-state index in [1.807, 2.05) is 0 Å². The molecule has 0 aromatic carbocycles. The summed E-state index contributed by atoms with van der Waals surface area (Å²) in [6, 6.07) is -0.892. The fraction of sp³-hybridized carbons (Fsp3) is 0.882. The van der Waals surface area contributed by atoms with Crippen LogP contribution < -0.4 is 15.5 Å². The van der Waals surface area contributed by atoms with Crippen LogP contribution in [0.25, 0.3) is 0 Å². The Morgan fingerprint density at radius 2 is 1.35 bits per heavy atom. The number of aliphatic carboxylic acids is 2. The van der Waals surface area contributed by atoms with Crippen molar-refractivity contribution in [3.05, 3.63) is 0 Å². The monoisotopic (exact) mass is 353 g/mol. The van der Waals surface area contributed by atoms with Crippen molar-refractivity contribution in [1.29, 1.82) is 0 Å². The molecule has 0 aromatic rings. The first-order valence-electron chi connectivity index (χ1n) is 8.72. The first-order valence-corrected chi connectivity index (χ1v) is 8.72. The number of nitrogens with one attached hydrogen (secondary N) is 1. The van der Waals surface area contributed by atoms with Crippen LogP contribution in [-0.4, -0.2) is 62.3 Å². The van der Waals surface area contributed by atoms with Crippen molar-refractivity contribution in [2.45, 2.75) is 90.0 Å². The Kier molecular flexibility index (Phi) is 20.4. The Morgan fingerprint density at radius 3 is 1.78 bits per heavy atom. The summed E-state index contributed by atoms with van der Waals surface area (Å²) in [6.45, 7) is 2.81. The number of hydrogen-bond acceptors (Lipinski definition) is 5. The maximum absolute atomic E-state index is 10.8. The van der Waals surface area contributed by atoms with Gasteiger partial charge in [-0.2, -0.15) is 0 Å². The van der Waals surface area contributed by atoms with Gasteiger partial charge in [0.15, 0.2) is 0 Å². The Morgan fingerprint density at radius 1 is 0.870 bits per heavy atom. The van der Waals surface area contributed by atoms with Crippen LogP contribution in [0.3, 0.4) is 0 Å². The molecule has 0 bridgehead atoms. The first kappa shape index (κ1) is 25.4. The van der Waals surface area contributed by atoms with Crippen molar-refractivity contribution in [1.82, 2.24) is 5.32 Å². The van der Waals surface area contributed by atoms with Crippen molar-refractivity contribution < 1.29 is 19.8 Å². The fourth-order valence-electron chi connectivity index (χ4n) is 2.45. The van der Waals surface area contributed by atoms with Crippen molar-refractivity contribution in [2.75, 3.05) is 6.54 Å². The molecule has 1 atom stereocenters. The van der Waals surface area contributed by atoms with Crippen LogP contribution >= 0.6 is 0 Å². The average molecular weight is 354 g/mol. The number of carboxylic acids is 2. The van der Waals surface area contributed by atoms with Crippen LogP contribution in [0.5, 0.6) is 0 Å². The molecule has 23 heavy (non-hydrogen) atoms. The molecule has 0 rings (SSSR count). The van der Waals surface area contributed by atoms with Gasteiger partial charge in [0, 0.05) is 12.0 Å². The SMILES string of the molecule is CCCCCCCCCCCCN[C@@H](CCC(=O)[O-])C(=O)[O-].[Ca+2]. The van der Waals surface area contributed by atoms with E-state index < -0.39 is 18.0 Å². The summed E-state index contributed by atoms with van der Waals surface area (Å²) in [7, 11) is 0. The second kappa shape index (κ2) is 18.5. The molecule has 0 radical (unpaired) electrons. The molecule has 0 unspecified atom stereocenters. The van der Waals surface area contributed by atoms with Crippen LogP contribution in [0.4, 0.5) is 0 Å². The van der Waals surface area contributed by atoms with Crippen LogP contribution in [0.1, 0.15) is 84.0 Å². The Labute approximate surface area is 170 Å². The summed E-state index contributed by atoms with van der Waals surface area (Å²) in [5.41, 5.74) is 0. The molecule has 0 heterocycles. The summed E-state index contributed by atoms with van der Waals surface area (Å²) < 4.78 is 0. The van der Waals surface area contributed by atoms with Gasteiger partial charge in [0.05, 0.1) is 5.97 Å². The molecule has 5 nitrogen and oxygen atoms in total. The van der Waals surface area contributed by atoms with Gasteiger partial charge in [-0.25, -0.2) is 0 Å². The molecule has 0 aromatic heterocycles. The quantitative estimate of drug-likeness (QED) is 0.327. The van der Waals surface area contributed by atoms with Gasteiger partial charge in [0.1, 0.15) is 0 Å². The summed E-state index contributed by atoms with van der Waals surface area (Å²) in [4.78, 5) is 21.2. The van der Waals surface area contributed by atoms with Crippen LogP contribution in [0.15, 0.2) is 0 Å². The number of carbonyl (C=O) groups excluding carboxylic acids is 2. The molecule has 6 heteroatoms. The third-order valence-electron chi connectivity index (χ3n) is 3.84. The molecule has 0 spiro atoms. The number of carboxylic acid groups (broad SMARTS) is 2. The van der Waals surface area contributed by atoms with E-state index in [2.05, 4.69) is 12.2 Å². The normalized spacial score (nSPS) is 11.7. The van der Waals surface area contributed by atoms with E-state index in [9.17, 15) is 19.8 Å². The molecule has 0 fully saturated rings. The van der Waals surface area contributed by atoms with E-state index in [4.69, 9.17) is 0 Å².